The summed E-state index contributed by atoms with van der Waals surface area (Å²) < 4.78 is 90.3. The summed E-state index contributed by atoms with van der Waals surface area (Å²) in [4.78, 5) is 18.1. The van der Waals surface area contributed by atoms with Crippen molar-refractivity contribution in [3.63, 3.8) is 0 Å². The summed E-state index contributed by atoms with van der Waals surface area (Å²) in [5, 5.41) is 6.46. The van der Waals surface area contributed by atoms with E-state index in [1.807, 2.05) is 6.07 Å². The van der Waals surface area contributed by atoms with Crippen molar-refractivity contribution in [1.82, 2.24) is 24.6 Å². The van der Waals surface area contributed by atoms with Gasteiger partial charge in [-0.1, -0.05) is 6.07 Å². The minimum absolute atomic E-state index is 0.0358. The van der Waals surface area contributed by atoms with Gasteiger partial charge in [0, 0.05) is 55.1 Å². The molecule has 1 amide bonds. The zero-order valence-corrected chi connectivity index (χ0v) is 25.6. The van der Waals surface area contributed by atoms with Gasteiger partial charge in [-0.2, -0.15) is 18.3 Å². The second-order valence-electron chi connectivity index (χ2n) is 11.2. The highest BCUT2D eigenvalue weighted by atomic mass is 32.2. The molecule has 2 aliphatic rings. The normalized spacial score (nSPS) is 14.5. The van der Waals surface area contributed by atoms with E-state index in [0.717, 1.165) is 32.2 Å². The standard InChI is InChI=1S/C31H26F4N6O4S/c1-36-29(42)27-20-11-19(22-8-7-16-9-10-40-23-6-4-5-21(32)18(23)12-25(40)28(16)38-22)24(39(2)46(3,43)44)13-26(20)45-30(27)41-15-17(14-37-41)31(33,34)35/h5,7-8,11-15H,4,6,9-10H2,1-3H3,(H,36,42). The van der Waals surface area contributed by atoms with Crippen molar-refractivity contribution in [3.8, 4) is 28.5 Å². The predicted octanol–water partition coefficient (Wildman–Crippen LogP) is 5.74. The molecule has 7 rings (SSSR count). The number of aromatic nitrogens is 4. The number of benzene rings is 1. The van der Waals surface area contributed by atoms with E-state index in [4.69, 9.17) is 9.40 Å². The third-order valence-electron chi connectivity index (χ3n) is 8.47. The summed E-state index contributed by atoms with van der Waals surface area (Å²) in [6.07, 6.45) is 1.17. The van der Waals surface area contributed by atoms with E-state index in [-0.39, 0.29) is 33.9 Å². The van der Waals surface area contributed by atoms with Crippen LogP contribution in [0.5, 0.6) is 0 Å². The van der Waals surface area contributed by atoms with Crippen molar-refractivity contribution in [2.45, 2.75) is 32.0 Å². The van der Waals surface area contributed by atoms with E-state index >= 15 is 0 Å². The average molecular weight is 655 g/mol. The summed E-state index contributed by atoms with van der Waals surface area (Å²) in [6, 6.07) is 8.34. The minimum atomic E-state index is -4.69. The molecular weight excluding hydrogens is 628 g/mol. The molecule has 0 bridgehead atoms. The van der Waals surface area contributed by atoms with Crippen LogP contribution in [0, 0.1) is 0 Å². The molecule has 0 spiro atoms. The molecule has 0 fully saturated rings. The Morgan fingerprint density at radius 1 is 1.13 bits per heavy atom. The maximum absolute atomic E-state index is 14.8. The number of carbonyl (C=O) groups excluding carboxylic acids is 1. The molecule has 1 aliphatic carbocycles. The van der Waals surface area contributed by atoms with Gasteiger partial charge in [0.2, 0.25) is 15.9 Å². The molecule has 15 heteroatoms. The number of allylic oxidation sites excluding steroid dienone is 1. The molecule has 5 heterocycles. The lowest BCUT2D eigenvalue weighted by molar-refractivity contribution is -0.137. The molecule has 4 aromatic heterocycles. The van der Waals surface area contributed by atoms with Gasteiger partial charge >= 0.3 is 6.18 Å². The van der Waals surface area contributed by atoms with Gasteiger partial charge in [0.05, 0.1) is 40.8 Å². The molecule has 5 aromatic rings. The number of sulfonamides is 1. The van der Waals surface area contributed by atoms with Crippen LogP contribution in [0.15, 0.2) is 53.2 Å². The second-order valence-corrected chi connectivity index (χ2v) is 13.2. The number of carbonyl (C=O) groups is 1. The summed E-state index contributed by atoms with van der Waals surface area (Å²) in [6.45, 7) is 0.663. The first-order valence-electron chi connectivity index (χ1n) is 14.2. The maximum Gasteiger partial charge on any atom is 0.419 e. The fourth-order valence-corrected chi connectivity index (χ4v) is 6.61. The van der Waals surface area contributed by atoms with Crippen molar-refractivity contribution in [2.24, 2.45) is 0 Å². The van der Waals surface area contributed by atoms with Crippen molar-refractivity contribution in [2.75, 3.05) is 24.7 Å². The Balaban J connectivity index is 1.46. The van der Waals surface area contributed by atoms with Crippen LogP contribution in [0.2, 0.25) is 0 Å². The number of halogens is 4. The first-order valence-corrected chi connectivity index (χ1v) is 16.1. The number of alkyl halides is 3. The number of nitrogens with zero attached hydrogens (tertiary/aromatic N) is 5. The Hall–Kier alpha value is -4.92. The van der Waals surface area contributed by atoms with Gasteiger partial charge in [-0.05, 0) is 49.1 Å². The quantitative estimate of drug-likeness (QED) is 0.242. The average Bonchev–Trinajstić information content (AvgIpc) is 3.75. The molecule has 0 saturated carbocycles. The molecule has 46 heavy (non-hydrogen) atoms. The number of hydrogen-bond donors (Lipinski definition) is 1. The summed E-state index contributed by atoms with van der Waals surface area (Å²) in [5.74, 6) is -1.22. The van der Waals surface area contributed by atoms with E-state index in [0.29, 0.717) is 60.7 Å². The lowest BCUT2D eigenvalue weighted by Gasteiger charge is -2.23. The van der Waals surface area contributed by atoms with E-state index in [1.165, 1.54) is 26.2 Å². The SMILES string of the molecule is CNC(=O)c1c(-n2cc(C(F)(F)F)cn2)oc2cc(N(C)S(C)(=O)=O)c(-c3ccc4c(n3)-c3cc5c(n3CC4)CCC=C5F)cc12. The van der Waals surface area contributed by atoms with Gasteiger partial charge < -0.3 is 14.3 Å². The first-order chi connectivity index (χ1) is 21.8. The van der Waals surface area contributed by atoms with Gasteiger partial charge in [-0.15, -0.1) is 0 Å². The zero-order valence-electron chi connectivity index (χ0n) is 24.7. The third kappa shape index (κ3) is 4.68. The highest BCUT2D eigenvalue weighted by Crippen LogP contribution is 2.42. The molecule has 0 saturated heterocycles. The number of fused-ring (bicyclic) bond motifs is 6. The molecule has 10 nitrogen and oxygen atoms in total. The van der Waals surface area contributed by atoms with Gasteiger partial charge in [0.1, 0.15) is 17.0 Å². The molecule has 1 aromatic carbocycles. The number of nitrogens with one attached hydrogen (secondary N) is 1. The van der Waals surface area contributed by atoms with Gasteiger partial charge in [0.25, 0.3) is 5.91 Å². The third-order valence-corrected chi connectivity index (χ3v) is 9.66. The van der Waals surface area contributed by atoms with Crippen LogP contribution in [0.1, 0.15) is 39.2 Å². The maximum atomic E-state index is 14.8. The molecule has 0 atom stereocenters. The molecular formula is C31H26F4N6O4S. The highest BCUT2D eigenvalue weighted by molar-refractivity contribution is 7.92. The Bertz CT molecular complexity index is 2230. The summed E-state index contributed by atoms with van der Waals surface area (Å²) in [5.41, 5.74) is 3.45. The second kappa shape index (κ2) is 10.3. The van der Waals surface area contributed by atoms with E-state index in [9.17, 15) is 30.8 Å². The Kier molecular flexibility index (Phi) is 6.67. The van der Waals surface area contributed by atoms with Crippen LogP contribution in [0.4, 0.5) is 23.2 Å². The Morgan fingerprint density at radius 2 is 1.91 bits per heavy atom. The van der Waals surface area contributed by atoms with Crippen LogP contribution < -0.4 is 9.62 Å². The van der Waals surface area contributed by atoms with Crippen LogP contribution in [-0.4, -0.2) is 54.0 Å². The van der Waals surface area contributed by atoms with Crippen LogP contribution in [-0.2, 0) is 35.6 Å². The molecule has 1 N–H and O–H groups in total. The number of aryl methyl sites for hydroxylation is 1. The fourth-order valence-electron chi connectivity index (χ4n) is 6.11. The van der Waals surface area contributed by atoms with Crippen molar-refractivity contribution in [3.05, 3.63) is 76.7 Å². The van der Waals surface area contributed by atoms with Crippen molar-refractivity contribution >= 4 is 38.4 Å². The van der Waals surface area contributed by atoms with Gasteiger partial charge in [0.15, 0.2) is 0 Å². The Labute approximate surface area is 260 Å². The number of pyridine rings is 1. The first kappa shape index (κ1) is 29.8. The largest absolute Gasteiger partial charge is 0.437 e. The topological polar surface area (TPSA) is 115 Å². The lowest BCUT2D eigenvalue weighted by atomic mass is 9.99. The molecule has 1 aliphatic heterocycles. The van der Waals surface area contributed by atoms with Crippen molar-refractivity contribution in [1.29, 1.82) is 0 Å². The minimum Gasteiger partial charge on any atom is -0.437 e. The van der Waals surface area contributed by atoms with E-state index in [1.54, 1.807) is 18.2 Å². The molecule has 0 radical (unpaired) electrons. The van der Waals surface area contributed by atoms with Gasteiger partial charge in [-0.25, -0.2) is 22.5 Å². The molecule has 0 unspecified atom stereocenters. The molecule has 238 valence electrons. The van der Waals surface area contributed by atoms with E-state index < -0.39 is 27.7 Å². The number of furan rings is 1. The summed E-state index contributed by atoms with van der Waals surface area (Å²) in [7, 11) is -1.12. The predicted molar refractivity (Wildman–Crippen MR) is 163 cm³/mol. The van der Waals surface area contributed by atoms with Crippen molar-refractivity contribution < 1.29 is 35.2 Å². The lowest BCUT2D eigenvalue weighted by Crippen LogP contribution is -2.25. The van der Waals surface area contributed by atoms with E-state index in [2.05, 4.69) is 15.0 Å². The Morgan fingerprint density at radius 3 is 2.61 bits per heavy atom. The highest BCUT2D eigenvalue weighted by Gasteiger charge is 2.34. The smallest absolute Gasteiger partial charge is 0.419 e. The van der Waals surface area contributed by atoms with Crippen LogP contribution in [0.3, 0.4) is 0 Å². The number of amides is 1. The number of anilines is 1. The number of hydrogen-bond acceptors (Lipinski definition) is 6. The zero-order chi connectivity index (χ0) is 32.7. The fraction of sp³-hybridized carbons (Fsp3) is 0.258. The monoisotopic (exact) mass is 654 g/mol. The van der Waals surface area contributed by atoms with Gasteiger partial charge in [-0.3, -0.25) is 9.10 Å². The van der Waals surface area contributed by atoms with Crippen LogP contribution >= 0.6 is 0 Å². The number of rotatable bonds is 5. The van der Waals surface area contributed by atoms with Crippen LogP contribution in [0.25, 0.3) is 45.3 Å². The summed E-state index contributed by atoms with van der Waals surface area (Å²) >= 11 is 0.